The summed E-state index contributed by atoms with van der Waals surface area (Å²) in [4.78, 5) is 23.8. The van der Waals surface area contributed by atoms with Gasteiger partial charge in [-0.2, -0.15) is 0 Å². The normalized spacial score (nSPS) is 15.1. The second-order valence-electron chi connectivity index (χ2n) is 7.62. The number of thiophene rings is 1. The predicted molar refractivity (Wildman–Crippen MR) is 117 cm³/mol. The molecule has 1 amide bonds. The maximum absolute atomic E-state index is 13.1. The summed E-state index contributed by atoms with van der Waals surface area (Å²) in [6.45, 7) is 3.23. The van der Waals surface area contributed by atoms with Crippen LogP contribution in [0.3, 0.4) is 0 Å². The number of ether oxygens (including phenoxy) is 1. The molecule has 0 spiro atoms. The molecule has 6 nitrogen and oxygen atoms in total. The van der Waals surface area contributed by atoms with Crippen LogP contribution in [0.15, 0.2) is 46.3 Å². The Morgan fingerprint density at radius 2 is 2.13 bits per heavy atom. The number of likely N-dealkylation sites (tertiary alicyclic amines) is 1. The van der Waals surface area contributed by atoms with Crippen molar-refractivity contribution in [1.29, 1.82) is 0 Å². The van der Waals surface area contributed by atoms with Gasteiger partial charge >= 0.3 is 0 Å². The number of amides is 1. The zero-order valence-electron chi connectivity index (χ0n) is 17.0. The molecule has 1 N–H and O–H groups in total. The van der Waals surface area contributed by atoms with E-state index in [2.05, 4.69) is 28.3 Å². The first-order valence-corrected chi connectivity index (χ1v) is 11.0. The Balaban J connectivity index is 1.31. The number of benzene rings is 1. The zero-order valence-corrected chi connectivity index (χ0v) is 17.8. The molecule has 3 aromatic heterocycles. The molecule has 5 rings (SSSR count). The lowest BCUT2D eigenvalue weighted by Gasteiger charge is -2.31. The topological polar surface area (TPSA) is 71.4 Å². The molecule has 30 heavy (non-hydrogen) atoms. The number of rotatable bonds is 4. The van der Waals surface area contributed by atoms with Crippen molar-refractivity contribution >= 4 is 28.1 Å². The highest BCUT2D eigenvalue weighted by molar-refractivity contribution is 7.13. The van der Waals surface area contributed by atoms with E-state index in [1.54, 1.807) is 18.4 Å². The smallest absolute Gasteiger partial charge is 0.276 e. The summed E-state index contributed by atoms with van der Waals surface area (Å²) in [7, 11) is 1.69. The minimum Gasteiger partial charge on any atom is -0.497 e. The fourth-order valence-corrected chi connectivity index (χ4v) is 4.88. The molecule has 0 bridgehead atoms. The number of oxazole rings is 1. The SMILES string of the molecule is COc1ccc2[nH]cc(C3CCN(C(=O)c4nc(-c5cccs5)oc4C)CC3)c2c1. The highest BCUT2D eigenvalue weighted by Gasteiger charge is 2.29. The maximum atomic E-state index is 13.1. The van der Waals surface area contributed by atoms with Crippen molar-refractivity contribution in [3.8, 4) is 16.5 Å². The van der Waals surface area contributed by atoms with E-state index in [1.807, 2.05) is 35.4 Å². The molecule has 1 saturated heterocycles. The van der Waals surface area contributed by atoms with E-state index < -0.39 is 0 Å². The van der Waals surface area contributed by atoms with Crippen LogP contribution in [0.5, 0.6) is 5.75 Å². The van der Waals surface area contributed by atoms with Crippen molar-refractivity contribution in [2.24, 2.45) is 0 Å². The van der Waals surface area contributed by atoms with Gasteiger partial charge in [0.05, 0.1) is 12.0 Å². The van der Waals surface area contributed by atoms with Gasteiger partial charge in [0.2, 0.25) is 5.89 Å². The third-order valence-corrected chi connectivity index (χ3v) is 6.73. The first-order chi connectivity index (χ1) is 14.6. The van der Waals surface area contributed by atoms with E-state index in [0.29, 0.717) is 36.4 Å². The molecule has 0 radical (unpaired) electrons. The van der Waals surface area contributed by atoms with Gasteiger partial charge in [0.1, 0.15) is 11.5 Å². The van der Waals surface area contributed by atoms with E-state index in [1.165, 1.54) is 10.9 Å². The number of hydrogen-bond donors (Lipinski definition) is 1. The van der Waals surface area contributed by atoms with Crippen LogP contribution in [0, 0.1) is 6.92 Å². The average molecular weight is 422 g/mol. The molecule has 0 unspecified atom stereocenters. The summed E-state index contributed by atoms with van der Waals surface area (Å²) < 4.78 is 11.1. The molecule has 4 heterocycles. The van der Waals surface area contributed by atoms with Gasteiger partial charge in [0.15, 0.2) is 5.69 Å². The van der Waals surface area contributed by atoms with Gasteiger partial charge in [-0.1, -0.05) is 6.07 Å². The van der Waals surface area contributed by atoms with Crippen LogP contribution in [0.2, 0.25) is 0 Å². The minimum atomic E-state index is -0.0434. The lowest BCUT2D eigenvalue weighted by molar-refractivity contribution is 0.0706. The zero-order chi connectivity index (χ0) is 20.7. The van der Waals surface area contributed by atoms with Crippen LogP contribution in [-0.4, -0.2) is 41.0 Å². The number of hydrogen-bond acceptors (Lipinski definition) is 5. The number of nitrogens with zero attached hydrogens (tertiary/aromatic N) is 2. The first-order valence-electron chi connectivity index (χ1n) is 10.1. The van der Waals surface area contributed by atoms with E-state index in [9.17, 15) is 4.79 Å². The number of carbonyl (C=O) groups excluding carboxylic acids is 1. The van der Waals surface area contributed by atoms with Gasteiger partial charge in [-0.05, 0) is 60.9 Å². The van der Waals surface area contributed by atoms with Crippen LogP contribution in [0.4, 0.5) is 0 Å². The van der Waals surface area contributed by atoms with E-state index in [-0.39, 0.29) is 5.91 Å². The van der Waals surface area contributed by atoms with Crippen molar-refractivity contribution in [1.82, 2.24) is 14.9 Å². The lowest BCUT2D eigenvalue weighted by atomic mass is 9.89. The third kappa shape index (κ3) is 3.29. The molecule has 154 valence electrons. The Bertz CT molecular complexity index is 1180. The van der Waals surface area contributed by atoms with E-state index in [4.69, 9.17) is 9.15 Å². The molecule has 4 aromatic rings. The standard InChI is InChI=1S/C23H23N3O3S/c1-14-21(25-22(29-14)20-4-3-11-30-20)23(27)26-9-7-15(8-10-26)18-13-24-19-6-5-16(28-2)12-17(18)19/h3-6,11-13,15,24H,7-10H2,1-2H3. The van der Waals surface area contributed by atoms with E-state index in [0.717, 1.165) is 29.0 Å². The molecular weight excluding hydrogens is 398 g/mol. The Morgan fingerprint density at radius 1 is 1.30 bits per heavy atom. The summed E-state index contributed by atoms with van der Waals surface area (Å²) in [5, 5.41) is 3.17. The van der Waals surface area contributed by atoms with Crippen molar-refractivity contribution in [3.63, 3.8) is 0 Å². The van der Waals surface area contributed by atoms with Gasteiger partial charge in [-0.15, -0.1) is 11.3 Å². The van der Waals surface area contributed by atoms with Crippen LogP contribution < -0.4 is 4.74 Å². The predicted octanol–water partition coefficient (Wildman–Crippen LogP) is 5.22. The van der Waals surface area contributed by atoms with Gasteiger partial charge in [0.25, 0.3) is 5.91 Å². The highest BCUT2D eigenvalue weighted by Crippen LogP contribution is 2.35. The highest BCUT2D eigenvalue weighted by atomic mass is 32.1. The second-order valence-corrected chi connectivity index (χ2v) is 8.57. The summed E-state index contributed by atoms with van der Waals surface area (Å²) >= 11 is 1.55. The van der Waals surface area contributed by atoms with Crippen molar-refractivity contribution < 1.29 is 13.9 Å². The molecule has 0 saturated carbocycles. The van der Waals surface area contributed by atoms with E-state index >= 15 is 0 Å². The summed E-state index contributed by atoms with van der Waals surface area (Å²) in [5.41, 5.74) is 2.84. The van der Waals surface area contributed by atoms with Crippen molar-refractivity contribution in [2.45, 2.75) is 25.7 Å². The summed E-state index contributed by atoms with van der Waals surface area (Å²) in [6.07, 6.45) is 3.94. The molecular formula is C23H23N3O3S. The van der Waals surface area contributed by atoms with Gasteiger partial charge in [-0.25, -0.2) is 4.98 Å². The molecule has 1 fully saturated rings. The third-order valence-electron chi connectivity index (χ3n) is 5.87. The van der Waals surface area contributed by atoms with Crippen molar-refractivity contribution in [2.75, 3.05) is 20.2 Å². The van der Waals surface area contributed by atoms with Gasteiger partial charge in [-0.3, -0.25) is 4.79 Å². The lowest BCUT2D eigenvalue weighted by Crippen LogP contribution is -2.38. The number of nitrogens with one attached hydrogen (secondary N) is 1. The number of aromatic amines is 1. The quantitative estimate of drug-likeness (QED) is 0.490. The van der Waals surface area contributed by atoms with Gasteiger partial charge < -0.3 is 19.0 Å². The number of aromatic nitrogens is 2. The summed E-state index contributed by atoms with van der Waals surface area (Å²) in [5.74, 6) is 2.33. The number of fused-ring (bicyclic) bond motifs is 1. The Labute approximate surface area is 178 Å². The van der Waals surface area contributed by atoms with Crippen LogP contribution in [0.25, 0.3) is 21.7 Å². The Hall–Kier alpha value is -3.06. The minimum absolute atomic E-state index is 0.0434. The molecule has 0 atom stereocenters. The number of H-pyrrole nitrogens is 1. The van der Waals surface area contributed by atoms with Crippen LogP contribution in [-0.2, 0) is 0 Å². The fourth-order valence-electron chi connectivity index (χ4n) is 4.23. The molecule has 1 aliphatic rings. The first kappa shape index (κ1) is 18.9. The summed E-state index contributed by atoms with van der Waals surface area (Å²) in [6, 6.07) is 10.0. The number of methoxy groups -OCH3 is 1. The van der Waals surface area contributed by atoms with Gasteiger partial charge in [0, 0.05) is 30.2 Å². The van der Waals surface area contributed by atoms with Crippen molar-refractivity contribution in [3.05, 3.63) is 58.9 Å². The molecule has 1 aromatic carbocycles. The molecule has 0 aliphatic carbocycles. The average Bonchev–Trinajstić information content (AvgIpc) is 3.52. The number of piperidine rings is 1. The Kier molecular flexibility index (Phi) is 4.83. The second kappa shape index (κ2) is 7.65. The van der Waals surface area contributed by atoms with Crippen LogP contribution >= 0.6 is 11.3 Å². The maximum Gasteiger partial charge on any atom is 0.276 e. The van der Waals surface area contributed by atoms with Crippen LogP contribution in [0.1, 0.15) is 40.6 Å². The number of carbonyl (C=O) groups is 1. The Morgan fingerprint density at radius 3 is 2.87 bits per heavy atom. The largest absolute Gasteiger partial charge is 0.497 e. The number of aryl methyl sites for hydroxylation is 1. The monoisotopic (exact) mass is 421 g/mol. The molecule has 7 heteroatoms. The fraction of sp³-hybridized carbons (Fsp3) is 0.304. The molecule has 1 aliphatic heterocycles.